The van der Waals surface area contributed by atoms with Gasteiger partial charge in [0.2, 0.25) is 11.8 Å². The third-order valence-corrected chi connectivity index (χ3v) is 10.9. The molecule has 0 unspecified atom stereocenters. The van der Waals surface area contributed by atoms with E-state index in [1.54, 1.807) is 25.1 Å². The molecule has 48 heavy (non-hydrogen) atoms. The van der Waals surface area contributed by atoms with Gasteiger partial charge in [-0.25, -0.2) is 14.8 Å². The van der Waals surface area contributed by atoms with Crippen LogP contribution in [0.15, 0.2) is 18.2 Å². The molecule has 1 aromatic carbocycles. The molecule has 262 valence electrons. The SMILES string of the molecule is COc1ccc2nc3c(nc2c1)O[C@H]1CN(C(=O)[C@H](C2(C)CCOCC2)NC(=O)O[C@@H]2CCC[C@H]2CCCCC3(F)F)[C@H](C(C)=O)[C@@H]1C. The van der Waals surface area contributed by atoms with Crippen molar-refractivity contribution < 1.29 is 42.1 Å². The van der Waals surface area contributed by atoms with Crippen molar-refractivity contribution in [3.63, 3.8) is 0 Å². The Morgan fingerprint density at radius 3 is 2.48 bits per heavy atom. The number of carbonyl (C=O) groups excluding carboxylic acids is 3. The Balaban J connectivity index is 1.42. The smallest absolute Gasteiger partial charge is 0.408 e. The van der Waals surface area contributed by atoms with Gasteiger partial charge in [0, 0.05) is 37.0 Å². The van der Waals surface area contributed by atoms with Gasteiger partial charge in [-0.3, -0.25) is 9.59 Å². The number of ether oxygens (including phenoxy) is 4. The highest BCUT2D eigenvalue weighted by molar-refractivity contribution is 5.92. The molecule has 0 radical (unpaired) electrons. The van der Waals surface area contributed by atoms with E-state index >= 15 is 8.78 Å². The normalized spacial score (nSPS) is 31.0. The van der Waals surface area contributed by atoms with Gasteiger partial charge in [-0.05, 0) is 69.9 Å². The first-order chi connectivity index (χ1) is 22.9. The molecule has 1 saturated carbocycles. The lowest BCUT2D eigenvalue weighted by atomic mass is 9.75. The Kier molecular flexibility index (Phi) is 9.79. The maximum Gasteiger partial charge on any atom is 0.408 e. The monoisotopic (exact) mass is 672 g/mol. The summed E-state index contributed by atoms with van der Waals surface area (Å²) in [6.07, 6.45) is 2.38. The molecule has 1 N–H and O–H groups in total. The summed E-state index contributed by atoms with van der Waals surface area (Å²) in [6.45, 7) is 5.86. The van der Waals surface area contributed by atoms with Crippen molar-refractivity contribution in [1.82, 2.24) is 20.2 Å². The van der Waals surface area contributed by atoms with Crippen LogP contribution < -0.4 is 14.8 Å². The first kappa shape index (κ1) is 34.3. The van der Waals surface area contributed by atoms with Crippen molar-refractivity contribution in [2.45, 2.75) is 109 Å². The van der Waals surface area contributed by atoms with Crippen LogP contribution in [0, 0.1) is 17.3 Å². The summed E-state index contributed by atoms with van der Waals surface area (Å²) in [7, 11) is 1.50. The summed E-state index contributed by atoms with van der Waals surface area (Å²) < 4.78 is 55.4. The standard InChI is InChI=1S/C35H46F2N4O7/c1-20-27-19-41(28(20)21(2)42)32(43)30(34(3)14-16-46-17-15-34)40-33(44)48-26-10-7-9-22(26)8-5-6-13-35(36,37)29-31(47-27)39-25-18-23(45-4)11-12-24(25)38-29/h11-12,18,20,22,26-28,30H,5-10,13-17,19H2,1-4H3,(H,40,44)/t20-,22-,26-,27+,28+,30-/m1/s1. The number of hydrogen-bond acceptors (Lipinski definition) is 9. The summed E-state index contributed by atoms with van der Waals surface area (Å²) in [6, 6.07) is 2.90. The van der Waals surface area contributed by atoms with Crippen molar-refractivity contribution in [3.8, 4) is 11.6 Å². The van der Waals surface area contributed by atoms with Crippen LogP contribution in [0.2, 0.25) is 0 Å². The molecule has 11 nitrogen and oxygen atoms in total. The molecule has 0 spiro atoms. The minimum absolute atomic E-state index is 0.0349. The number of fused-ring (bicyclic) bond motifs is 5. The zero-order valence-corrected chi connectivity index (χ0v) is 28.1. The topological polar surface area (TPSA) is 129 Å². The van der Waals surface area contributed by atoms with Gasteiger partial charge in [0.05, 0.1) is 30.7 Å². The van der Waals surface area contributed by atoms with Crippen molar-refractivity contribution in [2.75, 3.05) is 26.9 Å². The minimum Gasteiger partial charge on any atom is -0.497 e. The van der Waals surface area contributed by atoms with Gasteiger partial charge in [0.25, 0.3) is 5.92 Å². The van der Waals surface area contributed by atoms with Gasteiger partial charge in [0.1, 0.15) is 24.0 Å². The Labute approximate surface area is 279 Å². The van der Waals surface area contributed by atoms with Crippen LogP contribution in [-0.4, -0.2) is 83.8 Å². The van der Waals surface area contributed by atoms with E-state index in [0.717, 1.165) is 12.8 Å². The molecule has 13 heteroatoms. The van der Waals surface area contributed by atoms with E-state index < -0.39 is 59.6 Å². The predicted molar refractivity (Wildman–Crippen MR) is 171 cm³/mol. The van der Waals surface area contributed by atoms with Crippen LogP contribution in [0.1, 0.15) is 84.3 Å². The largest absolute Gasteiger partial charge is 0.497 e. The van der Waals surface area contributed by atoms with Crippen LogP contribution in [0.4, 0.5) is 13.6 Å². The number of nitrogens with zero attached hydrogens (tertiary/aromatic N) is 3. The van der Waals surface area contributed by atoms with E-state index in [2.05, 4.69) is 15.3 Å². The Morgan fingerprint density at radius 1 is 1.00 bits per heavy atom. The lowest BCUT2D eigenvalue weighted by molar-refractivity contribution is -0.143. The van der Waals surface area contributed by atoms with Gasteiger partial charge in [-0.2, -0.15) is 8.78 Å². The highest BCUT2D eigenvalue weighted by Gasteiger charge is 2.52. The van der Waals surface area contributed by atoms with Crippen molar-refractivity contribution in [3.05, 3.63) is 23.9 Å². The van der Waals surface area contributed by atoms with Gasteiger partial charge >= 0.3 is 6.09 Å². The molecule has 2 aromatic rings. The second-order valence-corrected chi connectivity index (χ2v) is 14.2. The molecule has 1 aromatic heterocycles. The molecule has 6 rings (SSSR count). The number of Topliss-reactive ketones (excluding diaryl/α,β-unsaturated/α-hetero) is 1. The summed E-state index contributed by atoms with van der Waals surface area (Å²) in [4.78, 5) is 51.5. The third-order valence-electron chi connectivity index (χ3n) is 10.9. The second kappa shape index (κ2) is 13.7. The average molecular weight is 673 g/mol. The first-order valence-electron chi connectivity index (χ1n) is 17.2. The molecule has 4 heterocycles. The van der Waals surface area contributed by atoms with E-state index in [4.69, 9.17) is 18.9 Å². The fraction of sp³-hybridized carbons (Fsp3) is 0.686. The number of benzene rings is 1. The highest BCUT2D eigenvalue weighted by atomic mass is 19.3. The number of rotatable bonds is 3. The quantitative estimate of drug-likeness (QED) is 0.445. The lowest BCUT2D eigenvalue weighted by Crippen LogP contribution is -2.59. The second-order valence-electron chi connectivity index (χ2n) is 14.2. The number of ketones is 1. The van der Waals surface area contributed by atoms with Gasteiger partial charge < -0.3 is 29.2 Å². The Hall–Kier alpha value is -3.61. The number of nitrogens with one attached hydrogen (secondary N) is 1. The number of alkyl halides is 2. The fourth-order valence-electron chi connectivity index (χ4n) is 8.01. The molecule has 4 aliphatic rings. The third kappa shape index (κ3) is 6.79. The van der Waals surface area contributed by atoms with Crippen LogP contribution in [0.5, 0.6) is 11.6 Å². The average Bonchev–Trinajstić information content (AvgIpc) is 3.63. The number of hydrogen-bond donors (Lipinski definition) is 1. The summed E-state index contributed by atoms with van der Waals surface area (Å²) in [5, 5.41) is 2.91. The molecule has 2 saturated heterocycles. The predicted octanol–water partition coefficient (Wildman–Crippen LogP) is 5.57. The van der Waals surface area contributed by atoms with E-state index in [1.165, 1.54) is 18.9 Å². The number of halogens is 2. The van der Waals surface area contributed by atoms with Crippen LogP contribution in [0.25, 0.3) is 11.0 Å². The number of aromatic nitrogens is 2. The number of amides is 2. The maximum absolute atomic E-state index is 16.1. The van der Waals surface area contributed by atoms with Crippen molar-refractivity contribution >= 4 is 28.8 Å². The van der Waals surface area contributed by atoms with E-state index in [-0.39, 0.29) is 42.2 Å². The minimum atomic E-state index is -3.37. The Morgan fingerprint density at radius 2 is 1.75 bits per heavy atom. The summed E-state index contributed by atoms with van der Waals surface area (Å²) in [5.74, 6) is -4.48. The maximum atomic E-state index is 16.1. The molecular formula is C35H46F2N4O7. The molecule has 2 bridgehead atoms. The first-order valence-corrected chi connectivity index (χ1v) is 17.2. The highest BCUT2D eigenvalue weighted by Crippen LogP contribution is 2.42. The van der Waals surface area contributed by atoms with Gasteiger partial charge in [-0.1, -0.05) is 20.3 Å². The molecule has 1 aliphatic carbocycles. The fourth-order valence-corrected chi connectivity index (χ4v) is 8.01. The van der Waals surface area contributed by atoms with E-state index in [1.807, 2.05) is 6.92 Å². The zero-order chi connectivity index (χ0) is 34.2. The molecule has 2 amide bonds. The van der Waals surface area contributed by atoms with Crippen molar-refractivity contribution in [1.29, 1.82) is 0 Å². The van der Waals surface area contributed by atoms with Crippen molar-refractivity contribution in [2.24, 2.45) is 17.3 Å². The Bertz CT molecular complexity index is 1530. The molecule has 3 aliphatic heterocycles. The van der Waals surface area contributed by atoms with Gasteiger partial charge in [-0.15, -0.1) is 0 Å². The number of methoxy groups -OCH3 is 1. The van der Waals surface area contributed by atoms with Crippen LogP contribution in [0.3, 0.4) is 0 Å². The van der Waals surface area contributed by atoms with E-state index in [0.29, 0.717) is 56.6 Å². The molecular weight excluding hydrogens is 626 g/mol. The number of alkyl carbamates (subject to hydrolysis) is 1. The molecule has 6 atom stereocenters. The molecule has 3 fully saturated rings. The van der Waals surface area contributed by atoms with Gasteiger partial charge in [0.15, 0.2) is 11.5 Å². The summed E-state index contributed by atoms with van der Waals surface area (Å²) in [5.41, 5.74) is -0.659. The number of carbonyl (C=O) groups is 3. The zero-order valence-electron chi connectivity index (χ0n) is 28.1. The lowest BCUT2D eigenvalue weighted by Gasteiger charge is -2.42. The van der Waals surface area contributed by atoms with E-state index in [9.17, 15) is 14.4 Å². The van der Waals surface area contributed by atoms with Crippen LogP contribution in [-0.2, 0) is 25.0 Å². The summed E-state index contributed by atoms with van der Waals surface area (Å²) >= 11 is 0. The van der Waals surface area contributed by atoms with Crippen LogP contribution >= 0.6 is 0 Å².